The highest BCUT2D eigenvalue weighted by molar-refractivity contribution is 5.74. The highest BCUT2D eigenvalue weighted by atomic mass is 16.3. The molecule has 5 heteroatoms. The number of unbranched alkanes of at least 4 members (excludes halogenated alkanes) is 1. The van der Waals surface area contributed by atoms with Gasteiger partial charge in [0.15, 0.2) is 0 Å². The largest absolute Gasteiger partial charge is 0.396 e. The molecule has 0 aromatic rings. The Labute approximate surface area is 122 Å². The van der Waals surface area contributed by atoms with Gasteiger partial charge in [-0.1, -0.05) is 25.7 Å². The van der Waals surface area contributed by atoms with Gasteiger partial charge in [-0.25, -0.2) is 4.79 Å². The number of urea groups is 1. The van der Waals surface area contributed by atoms with E-state index in [9.17, 15) is 9.90 Å². The molecule has 0 heterocycles. The van der Waals surface area contributed by atoms with Crippen LogP contribution in [0.1, 0.15) is 57.8 Å². The minimum atomic E-state index is -0.148. The molecule has 0 spiro atoms. The Hall–Kier alpha value is -0.810. The van der Waals surface area contributed by atoms with Gasteiger partial charge < -0.3 is 20.8 Å². The van der Waals surface area contributed by atoms with E-state index in [1.54, 1.807) is 0 Å². The molecule has 0 aliphatic heterocycles. The SMILES string of the molecule is O=C(NCCCCO)NC(CCO)C1CCCCCC1. The second-order valence-electron chi connectivity index (χ2n) is 5.70. The van der Waals surface area contributed by atoms with E-state index in [1.165, 1.54) is 25.7 Å². The lowest BCUT2D eigenvalue weighted by molar-refractivity contribution is 0.207. The van der Waals surface area contributed by atoms with Crippen LogP contribution in [0.4, 0.5) is 4.79 Å². The van der Waals surface area contributed by atoms with Gasteiger partial charge >= 0.3 is 6.03 Å². The number of hydrogen-bond donors (Lipinski definition) is 4. The molecule has 4 N–H and O–H groups in total. The summed E-state index contributed by atoms with van der Waals surface area (Å²) in [5.74, 6) is 0.493. The summed E-state index contributed by atoms with van der Waals surface area (Å²) in [6.45, 7) is 0.868. The van der Waals surface area contributed by atoms with Gasteiger partial charge in [-0.2, -0.15) is 0 Å². The van der Waals surface area contributed by atoms with Crippen molar-refractivity contribution in [1.29, 1.82) is 0 Å². The first-order valence-electron chi connectivity index (χ1n) is 8.04. The number of hydrogen-bond acceptors (Lipinski definition) is 3. The van der Waals surface area contributed by atoms with Gasteiger partial charge in [0, 0.05) is 25.8 Å². The molecule has 0 aromatic carbocycles. The van der Waals surface area contributed by atoms with Crippen molar-refractivity contribution in [2.75, 3.05) is 19.8 Å². The fourth-order valence-corrected chi connectivity index (χ4v) is 2.94. The van der Waals surface area contributed by atoms with Gasteiger partial charge in [0.05, 0.1) is 0 Å². The second kappa shape index (κ2) is 10.9. The van der Waals surface area contributed by atoms with Gasteiger partial charge in [-0.05, 0) is 38.0 Å². The van der Waals surface area contributed by atoms with E-state index in [0.717, 1.165) is 19.3 Å². The molecule has 1 rings (SSSR count). The molecule has 0 radical (unpaired) electrons. The minimum absolute atomic E-state index is 0.0796. The van der Waals surface area contributed by atoms with Crippen LogP contribution in [0.2, 0.25) is 0 Å². The Kier molecular flexibility index (Phi) is 9.41. The van der Waals surface area contributed by atoms with Gasteiger partial charge in [-0.15, -0.1) is 0 Å². The third-order valence-electron chi connectivity index (χ3n) is 4.10. The van der Waals surface area contributed by atoms with Crippen molar-refractivity contribution in [3.63, 3.8) is 0 Å². The van der Waals surface area contributed by atoms with Crippen LogP contribution in [0.15, 0.2) is 0 Å². The number of rotatable bonds is 8. The molecular weight excluding hydrogens is 256 g/mol. The lowest BCUT2D eigenvalue weighted by Crippen LogP contribution is -2.46. The van der Waals surface area contributed by atoms with E-state index >= 15 is 0 Å². The van der Waals surface area contributed by atoms with Crippen LogP contribution in [-0.2, 0) is 0 Å². The maximum Gasteiger partial charge on any atom is 0.315 e. The van der Waals surface area contributed by atoms with Crippen LogP contribution in [0.25, 0.3) is 0 Å². The molecular formula is C15H30N2O3. The standard InChI is InChI=1S/C15H30N2O3/c18-11-6-5-10-16-15(20)17-14(9-12-19)13-7-3-1-2-4-8-13/h13-14,18-19H,1-12H2,(H2,16,17,20). The third-order valence-corrected chi connectivity index (χ3v) is 4.10. The number of amides is 2. The van der Waals surface area contributed by atoms with Crippen LogP contribution in [0.3, 0.4) is 0 Å². The molecule has 2 amide bonds. The molecule has 0 saturated heterocycles. The number of aliphatic hydroxyl groups is 2. The van der Waals surface area contributed by atoms with Crippen LogP contribution in [0, 0.1) is 5.92 Å². The number of nitrogens with one attached hydrogen (secondary N) is 2. The van der Waals surface area contributed by atoms with E-state index in [2.05, 4.69) is 10.6 Å². The van der Waals surface area contributed by atoms with Crippen molar-refractivity contribution >= 4 is 6.03 Å². The molecule has 5 nitrogen and oxygen atoms in total. The molecule has 1 saturated carbocycles. The maximum absolute atomic E-state index is 11.9. The van der Waals surface area contributed by atoms with Gasteiger partial charge in [0.1, 0.15) is 0 Å². The quantitative estimate of drug-likeness (QED) is 0.405. The molecule has 0 aromatic heterocycles. The average Bonchev–Trinajstić information content (AvgIpc) is 2.72. The highest BCUT2D eigenvalue weighted by Gasteiger charge is 2.23. The van der Waals surface area contributed by atoms with Crippen molar-refractivity contribution < 1.29 is 15.0 Å². The topological polar surface area (TPSA) is 81.6 Å². The Bertz CT molecular complexity index is 254. The third kappa shape index (κ3) is 7.10. The van der Waals surface area contributed by atoms with Crippen LogP contribution >= 0.6 is 0 Å². The van der Waals surface area contributed by atoms with E-state index < -0.39 is 0 Å². The summed E-state index contributed by atoms with van der Waals surface area (Å²) in [4.78, 5) is 11.9. The Balaban J connectivity index is 2.34. The molecule has 1 aliphatic carbocycles. The summed E-state index contributed by atoms with van der Waals surface area (Å²) in [5.41, 5.74) is 0. The number of carbonyl (C=O) groups is 1. The fourth-order valence-electron chi connectivity index (χ4n) is 2.94. The van der Waals surface area contributed by atoms with Crippen molar-refractivity contribution in [3.05, 3.63) is 0 Å². The lowest BCUT2D eigenvalue weighted by Gasteiger charge is -2.26. The molecule has 1 fully saturated rings. The summed E-state index contributed by atoms with van der Waals surface area (Å²) in [7, 11) is 0. The van der Waals surface area contributed by atoms with Crippen molar-refractivity contribution in [3.8, 4) is 0 Å². The van der Waals surface area contributed by atoms with Crippen LogP contribution in [0.5, 0.6) is 0 Å². The first-order chi connectivity index (χ1) is 9.77. The zero-order valence-corrected chi connectivity index (χ0v) is 12.4. The zero-order chi connectivity index (χ0) is 14.6. The Morgan fingerprint density at radius 3 is 2.35 bits per heavy atom. The minimum Gasteiger partial charge on any atom is -0.396 e. The average molecular weight is 286 g/mol. The van der Waals surface area contributed by atoms with Gasteiger partial charge in [0.2, 0.25) is 0 Å². The van der Waals surface area contributed by atoms with E-state index in [0.29, 0.717) is 25.3 Å². The first-order valence-corrected chi connectivity index (χ1v) is 8.04. The summed E-state index contributed by atoms with van der Waals surface area (Å²) in [6.07, 6.45) is 9.46. The molecule has 1 atom stereocenters. The highest BCUT2D eigenvalue weighted by Crippen LogP contribution is 2.26. The molecule has 1 aliphatic rings. The monoisotopic (exact) mass is 286 g/mol. The normalized spacial score (nSPS) is 18.3. The molecule has 0 bridgehead atoms. The maximum atomic E-state index is 11.9. The van der Waals surface area contributed by atoms with E-state index in [4.69, 9.17) is 5.11 Å². The fraction of sp³-hybridized carbons (Fsp3) is 0.933. The zero-order valence-electron chi connectivity index (χ0n) is 12.4. The Morgan fingerprint density at radius 2 is 1.75 bits per heavy atom. The second-order valence-corrected chi connectivity index (χ2v) is 5.70. The predicted octanol–water partition coefficient (Wildman–Crippen LogP) is 1.78. The summed E-state index contributed by atoms with van der Waals surface area (Å²) in [5, 5.41) is 23.7. The smallest absolute Gasteiger partial charge is 0.315 e. The van der Waals surface area contributed by atoms with Crippen molar-refractivity contribution in [1.82, 2.24) is 10.6 Å². The van der Waals surface area contributed by atoms with Crippen LogP contribution in [-0.4, -0.2) is 42.0 Å². The summed E-state index contributed by atoms with van der Waals surface area (Å²) < 4.78 is 0. The molecule has 1 unspecified atom stereocenters. The molecule has 118 valence electrons. The Morgan fingerprint density at radius 1 is 1.05 bits per heavy atom. The first kappa shape index (κ1) is 17.2. The number of aliphatic hydroxyl groups excluding tert-OH is 2. The lowest BCUT2D eigenvalue weighted by atomic mass is 9.90. The van der Waals surface area contributed by atoms with Gasteiger partial charge in [0.25, 0.3) is 0 Å². The summed E-state index contributed by atoms with van der Waals surface area (Å²) >= 11 is 0. The van der Waals surface area contributed by atoms with Crippen molar-refractivity contribution in [2.45, 2.75) is 63.8 Å². The summed E-state index contributed by atoms with van der Waals surface area (Å²) in [6, 6.07) is -0.0680. The van der Waals surface area contributed by atoms with Gasteiger partial charge in [-0.3, -0.25) is 0 Å². The van der Waals surface area contributed by atoms with E-state index in [1.807, 2.05) is 0 Å². The van der Waals surface area contributed by atoms with Crippen LogP contribution < -0.4 is 10.6 Å². The number of carbonyl (C=O) groups excluding carboxylic acids is 1. The van der Waals surface area contributed by atoms with Crippen molar-refractivity contribution in [2.24, 2.45) is 5.92 Å². The predicted molar refractivity (Wildman–Crippen MR) is 79.5 cm³/mol. The van der Waals surface area contributed by atoms with E-state index in [-0.39, 0.29) is 25.3 Å². The molecule has 20 heavy (non-hydrogen) atoms.